The van der Waals surface area contributed by atoms with Gasteiger partial charge in [0.1, 0.15) is 0 Å². The predicted octanol–water partition coefficient (Wildman–Crippen LogP) is 3.27. The zero-order chi connectivity index (χ0) is 16.1. The molecule has 5 heteroatoms. The Balaban J connectivity index is 1.72. The van der Waals surface area contributed by atoms with Crippen LogP contribution in [0, 0.1) is 0 Å². The lowest BCUT2D eigenvalue weighted by Crippen LogP contribution is -2.12. The van der Waals surface area contributed by atoms with E-state index in [9.17, 15) is 4.79 Å². The van der Waals surface area contributed by atoms with Crippen molar-refractivity contribution in [3.63, 3.8) is 0 Å². The topological polar surface area (TPSA) is 56.1 Å². The lowest BCUT2D eigenvalue weighted by Gasteiger charge is -2.08. The number of hydrogen-bond acceptors (Lipinski definition) is 3. The number of nitrogens with zero attached hydrogens (tertiary/aromatic N) is 2. The van der Waals surface area contributed by atoms with Gasteiger partial charge in [0.25, 0.3) is 5.91 Å². The molecule has 0 aliphatic heterocycles. The van der Waals surface area contributed by atoms with Crippen LogP contribution in [0.1, 0.15) is 15.9 Å². The Kier molecular flexibility index (Phi) is 4.49. The van der Waals surface area contributed by atoms with Gasteiger partial charge in [-0.3, -0.25) is 4.79 Å². The highest BCUT2D eigenvalue weighted by Gasteiger charge is 2.07. The minimum absolute atomic E-state index is 0.142. The van der Waals surface area contributed by atoms with Crippen molar-refractivity contribution in [2.45, 2.75) is 6.61 Å². The van der Waals surface area contributed by atoms with Crippen molar-refractivity contribution in [2.24, 2.45) is 0 Å². The van der Waals surface area contributed by atoms with E-state index in [-0.39, 0.29) is 5.91 Å². The van der Waals surface area contributed by atoms with Crippen molar-refractivity contribution in [1.29, 1.82) is 0 Å². The van der Waals surface area contributed by atoms with Gasteiger partial charge in [0.2, 0.25) is 0 Å². The van der Waals surface area contributed by atoms with Crippen LogP contribution in [0.2, 0.25) is 0 Å². The fourth-order valence-corrected chi connectivity index (χ4v) is 2.31. The van der Waals surface area contributed by atoms with Gasteiger partial charge in [-0.25, -0.2) is 4.98 Å². The summed E-state index contributed by atoms with van der Waals surface area (Å²) in [7, 11) is 1.65. The number of imidazole rings is 1. The van der Waals surface area contributed by atoms with Crippen LogP contribution >= 0.6 is 0 Å². The summed E-state index contributed by atoms with van der Waals surface area (Å²) in [5.74, 6) is -0.142. The molecule has 1 amide bonds. The van der Waals surface area contributed by atoms with E-state index in [1.54, 1.807) is 31.8 Å². The summed E-state index contributed by atoms with van der Waals surface area (Å²) in [5.41, 5.74) is 3.33. The fourth-order valence-electron chi connectivity index (χ4n) is 2.31. The molecule has 0 bridgehead atoms. The molecule has 0 unspecified atom stereocenters. The molecule has 0 spiro atoms. The van der Waals surface area contributed by atoms with Crippen LogP contribution in [-0.4, -0.2) is 22.6 Å². The molecule has 1 N–H and O–H groups in total. The molecule has 3 rings (SSSR count). The molecule has 116 valence electrons. The summed E-state index contributed by atoms with van der Waals surface area (Å²) in [6, 6.07) is 15.0. The van der Waals surface area contributed by atoms with Gasteiger partial charge in [0.05, 0.1) is 12.9 Å². The minimum Gasteiger partial charge on any atom is -0.380 e. The Bertz CT molecular complexity index is 780. The molecule has 0 saturated carbocycles. The highest BCUT2D eigenvalue weighted by atomic mass is 16.5. The van der Waals surface area contributed by atoms with Crippen LogP contribution in [0.4, 0.5) is 5.69 Å². The van der Waals surface area contributed by atoms with E-state index in [1.165, 1.54) is 0 Å². The van der Waals surface area contributed by atoms with Gasteiger partial charge >= 0.3 is 0 Å². The molecule has 1 heterocycles. The van der Waals surface area contributed by atoms with Crippen LogP contribution in [-0.2, 0) is 11.3 Å². The standard InChI is InChI=1S/C18H17N3O2/c1-23-12-14-3-2-4-16(11-14)20-18(22)15-5-7-17(8-6-15)21-10-9-19-13-21/h2-11,13H,12H2,1H3,(H,20,22). The number of carbonyl (C=O) groups excluding carboxylic acids is 1. The number of hydrogen-bond donors (Lipinski definition) is 1. The summed E-state index contributed by atoms with van der Waals surface area (Å²) in [6.45, 7) is 0.517. The van der Waals surface area contributed by atoms with Gasteiger partial charge in [-0.2, -0.15) is 0 Å². The minimum atomic E-state index is -0.142. The van der Waals surface area contributed by atoms with Gasteiger partial charge in [0, 0.05) is 36.4 Å². The third-order valence-corrected chi connectivity index (χ3v) is 3.43. The molecule has 0 saturated heterocycles. The van der Waals surface area contributed by atoms with Gasteiger partial charge in [-0.15, -0.1) is 0 Å². The van der Waals surface area contributed by atoms with Crippen molar-refractivity contribution < 1.29 is 9.53 Å². The first-order valence-electron chi connectivity index (χ1n) is 7.24. The van der Waals surface area contributed by atoms with Crippen LogP contribution in [0.15, 0.2) is 67.3 Å². The summed E-state index contributed by atoms with van der Waals surface area (Å²) in [4.78, 5) is 16.3. The van der Waals surface area contributed by atoms with E-state index >= 15 is 0 Å². The Labute approximate surface area is 134 Å². The van der Waals surface area contributed by atoms with Crippen molar-refractivity contribution >= 4 is 11.6 Å². The second-order valence-electron chi connectivity index (χ2n) is 5.10. The van der Waals surface area contributed by atoms with Gasteiger partial charge in [-0.1, -0.05) is 12.1 Å². The highest BCUT2D eigenvalue weighted by Crippen LogP contribution is 2.14. The monoisotopic (exact) mass is 307 g/mol. The van der Waals surface area contributed by atoms with Crippen LogP contribution < -0.4 is 5.32 Å². The van der Waals surface area contributed by atoms with E-state index in [2.05, 4.69) is 10.3 Å². The third kappa shape index (κ3) is 3.64. The maximum absolute atomic E-state index is 12.3. The lowest BCUT2D eigenvalue weighted by atomic mass is 10.1. The van der Waals surface area contributed by atoms with E-state index < -0.39 is 0 Å². The molecule has 0 aliphatic rings. The van der Waals surface area contributed by atoms with E-state index in [0.29, 0.717) is 12.2 Å². The number of benzene rings is 2. The van der Waals surface area contributed by atoms with Crippen LogP contribution in [0.3, 0.4) is 0 Å². The quantitative estimate of drug-likeness (QED) is 0.787. The van der Waals surface area contributed by atoms with Crippen molar-refractivity contribution in [2.75, 3.05) is 12.4 Å². The first-order chi connectivity index (χ1) is 11.3. The Morgan fingerprint density at radius 2 is 2.04 bits per heavy atom. The van der Waals surface area contributed by atoms with Crippen molar-refractivity contribution in [3.8, 4) is 5.69 Å². The lowest BCUT2D eigenvalue weighted by molar-refractivity contribution is 0.102. The van der Waals surface area contributed by atoms with Crippen molar-refractivity contribution in [1.82, 2.24) is 9.55 Å². The molecule has 0 fully saturated rings. The molecule has 0 radical (unpaired) electrons. The summed E-state index contributed by atoms with van der Waals surface area (Å²) in [5, 5.41) is 2.90. The van der Waals surface area contributed by atoms with Gasteiger partial charge in [0.15, 0.2) is 0 Å². The highest BCUT2D eigenvalue weighted by molar-refractivity contribution is 6.04. The van der Waals surface area contributed by atoms with Crippen molar-refractivity contribution in [3.05, 3.63) is 78.4 Å². The first kappa shape index (κ1) is 15.0. The molecule has 1 aromatic heterocycles. The molecular formula is C18H17N3O2. The summed E-state index contributed by atoms with van der Waals surface area (Å²) < 4.78 is 6.99. The molecule has 2 aromatic carbocycles. The molecule has 0 aliphatic carbocycles. The zero-order valence-corrected chi connectivity index (χ0v) is 12.8. The number of nitrogens with one attached hydrogen (secondary N) is 1. The first-order valence-corrected chi connectivity index (χ1v) is 7.24. The maximum atomic E-state index is 12.3. The van der Waals surface area contributed by atoms with E-state index in [0.717, 1.165) is 16.9 Å². The molecule has 3 aromatic rings. The number of anilines is 1. The SMILES string of the molecule is COCc1cccc(NC(=O)c2ccc(-n3ccnc3)cc2)c1. The fraction of sp³-hybridized carbons (Fsp3) is 0.111. The number of rotatable bonds is 5. The second-order valence-corrected chi connectivity index (χ2v) is 5.10. The van der Waals surface area contributed by atoms with Gasteiger partial charge in [-0.05, 0) is 42.0 Å². The smallest absolute Gasteiger partial charge is 0.255 e. The Morgan fingerprint density at radius 1 is 1.22 bits per heavy atom. The molecule has 0 atom stereocenters. The average Bonchev–Trinajstić information content (AvgIpc) is 3.10. The van der Waals surface area contributed by atoms with Crippen LogP contribution in [0.5, 0.6) is 0 Å². The summed E-state index contributed by atoms with van der Waals surface area (Å²) in [6.07, 6.45) is 5.29. The largest absolute Gasteiger partial charge is 0.380 e. The van der Waals surface area contributed by atoms with E-state index in [1.807, 2.05) is 47.2 Å². The predicted molar refractivity (Wildman–Crippen MR) is 88.7 cm³/mol. The number of methoxy groups -OCH3 is 1. The van der Waals surface area contributed by atoms with Gasteiger partial charge < -0.3 is 14.6 Å². The molecular weight excluding hydrogens is 290 g/mol. The molecule has 5 nitrogen and oxygen atoms in total. The number of ether oxygens (including phenoxy) is 1. The number of carbonyl (C=O) groups is 1. The maximum Gasteiger partial charge on any atom is 0.255 e. The Hall–Kier alpha value is -2.92. The summed E-state index contributed by atoms with van der Waals surface area (Å²) >= 11 is 0. The Morgan fingerprint density at radius 3 is 2.74 bits per heavy atom. The number of aromatic nitrogens is 2. The number of amides is 1. The third-order valence-electron chi connectivity index (χ3n) is 3.43. The second kappa shape index (κ2) is 6.89. The molecule has 23 heavy (non-hydrogen) atoms. The normalized spacial score (nSPS) is 10.5. The average molecular weight is 307 g/mol. The van der Waals surface area contributed by atoms with E-state index in [4.69, 9.17) is 4.74 Å². The zero-order valence-electron chi connectivity index (χ0n) is 12.8. The van der Waals surface area contributed by atoms with Crippen LogP contribution in [0.25, 0.3) is 5.69 Å².